The van der Waals surface area contributed by atoms with Gasteiger partial charge in [-0.1, -0.05) is 19.9 Å². The van der Waals surface area contributed by atoms with Gasteiger partial charge in [-0.05, 0) is 57.4 Å². The Bertz CT molecular complexity index is 1260. The van der Waals surface area contributed by atoms with Gasteiger partial charge in [0.05, 0.1) is 11.3 Å². The highest BCUT2D eigenvalue weighted by Crippen LogP contribution is 2.25. The minimum absolute atomic E-state index is 0.200. The minimum Gasteiger partial charge on any atom is -0.485 e. The topological polar surface area (TPSA) is 96.2 Å². The van der Waals surface area contributed by atoms with Crippen LogP contribution in [0.25, 0.3) is 5.65 Å². The molecular formula is C26H32F2N4O4. The van der Waals surface area contributed by atoms with Gasteiger partial charge in [-0.3, -0.25) is 9.20 Å². The second-order valence-electron chi connectivity index (χ2n) is 10.5. The van der Waals surface area contributed by atoms with Gasteiger partial charge in [0.1, 0.15) is 23.9 Å². The summed E-state index contributed by atoms with van der Waals surface area (Å²) in [6.07, 6.45) is 0.625. The molecule has 8 nitrogen and oxygen atoms in total. The third kappa shape index (κ3) is 5.92. The highest BCUT2D eigenvalue weighted by atomic mass is 19.1. The maximum atomic E-state index is 14.0. The summed E-state index contributed by atoms with van der Waals surface area (Å²) in [6.45, 7) is 11.0. The van der Waals surface area contributed by atoms with Gasteiger partial charge in [-0.2, -0.15) is 0 Å². The van der Waals surface area contributed by atoms with E-state index in [1.54, 1.807) is 29.7 Å². The van der Waals surface area contributed by atoms with Crippen LogP contribution in [0.2, 0.25) is 0 Å². The molecule has 3 aromatic rings. The average Bonchev–Trinajstić information content (AvgIpc) is 3.11. The maximum absolute atomic E-state index is 14.0. The molecule has 0 aliphatic heterocycles. The molecule has 3 rings (SSSR count). The zero-order chi connectivity index (χ0) is 26.8. The number of halogens is 2. The van der Waals surface area contributed by atoms with E-state index in [9.17, 15) is 23.5 Å². The predicted octanol–water partition coefficient (Wildman–Crippen LogP) is 5.03. The zero-order valence-corrected chi connectivity index (χ0v) is 21.4. The van der Waals surface area contributed by atoms with Crippen molar-refractivity contribution in [2.24, 2.45) is 5.41 Å². The molecule has 0 bridgehead atoms. The quantitative estimate of drug-likeness (QED) is 0.450. The normalized spacial score (nSPS) is 12.0. The molecule has 0 spiro atoms. The molecule has 10 heteroatoms. The molecule has 0 saturated carbocycles. The summed E-state index contributed by atoms with van der Waals surface area (Å²) in [5.74, 6) is -1.54. The number of carboxylic acid groups (broad SMARTS) is 1. The predicted molar refractivity (Wildman–Crippen MR) is 131 cm³/mol. The van der Waals surface area contributed by atoms with Crippen LogP contribution in [0, 0.1) is 24.0 Å². The third-order valence-electron chi connectivity index (χ3n) is 5.79. The monoisotopic (exact) mass is 502 g/mol. The Balaban J connectivity index is 1.78. The number of pyridine rings is 1. The molecule has 0 aliphatic carbocycles. The summed E-state index contributed by atoms with van der Waals surface area (Å²) < 4.78 is 35.2. The molecule has 0 unspecified atom stereocenters. The van der Waals surface area contributed by atoms with Gasteiger partial charge in [0.2, 0.25) is 0 Å². The number of ether oxygens (including phenoxy) is 1. The number of hydrogen-bond acceptors (Lipinski definition) is 4. The van der Waals surface area contributed by atoms with Gasteiger partial charge in [0.15, 0.2) is 11.4 Å². The van der Waals surface area contributed by atoms with Crippen molar-refractivity contribution in [3.8, 4) is 5.75 Å². The Labute approximate surface area is 208 Å². The van der Waals surface area contributed by atoms with E-state index in [0.29, 0.717) is 11.3 Å². The first-order valence-corrected chi connectivity index (χ1v) is 11.5. The average molecular weight is 503 g/mol. The summed E-state index contributed by atoms with van der Waals surface area (Å²) in [6, 6.07) is 6.85. The maximum Gasteiger partial charge on any atom is 0.407 e. The van der Waals surface area contributed by atoms with Crippen LogP contribution in [-0.4, -0.2) is 50.0 Å². The van der Waals surface area contributed by atoms with Gasteiger partial charge in [-0.15, -0.1) is 0 Å². The van der Waals surface area contributed by atoms with Crippen LogP contribution in [0.3, 0.4) is 0 Å². The number of nitrogens with one attached hydrogen (secondary N) is 1. The van der Waals surface area contributed by atoms with E-state index in [-0.39, 0.29) is 42.6 Å². The minimum atomic E-state index is -1.03. The van der Waals surface area contributed by atoms with E-state index in [1.165, 1.54) is 11.0 Å². The van der Waals surface area contributed by atoms with Crippen LogP contribution in [0.5, 0.6) is 5.75 Å². The molecule has 0 fully saturated rings. The largest absolute Gasteiger partial charge is 0.485 e. The summed E-state index contributed by atoms with van der Waals surface area (Å²) >= 11 is 0. The lowest BCUT2D eigenvalue weighted by Crippen LogP contribution is -2.51. The SMILES string of the molecule is Cc1nc2c(OCc3c(F)cccc3F)cccn2c1C(=O)NCC(C)(C)CN(C(=O)O)C(C)(C)C. The van der Waals surface area contributed by atoms with Crippen LogP contribution in [0.15, 0.2) is 36.5 Å². The second kappa shape index (κ2) is 10.1. The van der Waals surface area contributed by atoms with Gasteiger partial charge in [-0.25, -0.2) is 18.6 Å². The molecule has 0 radical (unpaired) electrons. The fourth-order valence-corrected chi connectivity index (χ4v) is 3.84. The van der Waals surface area contributed by atoms with Crippen molar-refractivity contribution in [3.05, 3.63) is 65.1 Å². The first-order chi connectivity index (χ1) is 16.7. The number of carbonyl (C=O) groups excluding carboxylic acids is 1. The standard InChI is InChI=1S/C26H32F2N4O4/c1-16-21(23(33)29-14-26(5,6)15-32(24(34)35)25(2,3)4)31-12-8-11-20(22(31)30-16)36-13-17-18(27)9-7-10-19(17)28/h7-12H,13-15H2,1-6H3,(H,29,33)(H,34,35). The van der Waals surface area contributed by atoms with Crippen molar-refractivity contribution < 1.29 is 28.2 Å². The lowest BCUT2D eigenvalue weighted by Gasteiger charge is -2.39. The molecule has 0 saturated heterocycles. The molecular weight excluding hydrogens is 470 g/mol. The lowest BCUT2D eigenvalue weighted by molar-refractivity contribution is 0.0704. The Hall–Kier alpha value is -3.69. The first-order valence-electron chi connectivity index (χ1n) is 11.5. The number of rotatable bonds is 8. The molecule has 0 atom stereocenters. The number of amides is 2. The highest BCUT2D eigenvalue weighted by molar-refractivity contribution is 5.95. The smallest absolute Gasteiger partial charge is 0.407 e. The fraction of sp³-hybridized carbons (Fsp3) is 0.423. The van der Waals surface area contributed by atoms with E-state index in [1.807, 2.05) is 34.6 Å². The molecule has 1 aromatic carbocycles. The lowest BCUT2D eigenvalue weighted by atomic mass is 9.90. The molecule has 2 aromatic heterocycles. The first kappa shape index (κ1) is 26.9. The Morgan fingerprint density at radius 1 is 1.11 bits per heavy atom. The Kier molecular flexibility index (Phi) is 7.56. The number of fused-ring (bicyclic) bond motifs is 1. The number of aryl methyl sites for hydroxylation is 1. The Morgan fingerprint density at radius 2 is 1.75 bits per heavy atom. The van der Waals surface area contributed by atoms with Crippen molar-refractivity contribution >= 4 is 17.6 Å². The van der Waals surface area contributed by atoms with Crippen LogP contribution in [-0.2, 0) is 6.61 Å². The van der Waals surface area contributed by atoms with Gasteiger partial charge in [0, 0.05) is 24.8 Å². The Morgan fingerprint density at radius 3 is 2.33 bits per heavy atom. The number of carbonyl (C=O) groups is 2. The van der Waals surface area contributed by atoms with Crippen molar-refractivity contribution in [3.63, 3.8) is 0 Å². The molecule has 0 aliphatic rings. The number of hydrogen-bond donors (Lipinski definition) is 2. The fourth-order valence-electron chi connectivity index (χ4n) is 3.84. The van der Waals surface area contributed by atoms with Gasteiger partial charge >= 0.3 is 6.09 Å². The van der Waals surface area contributed by atoms with Crippen molar-refractivity contribution in [2.45, 2.75) is 53.7 Å². The second-order valence-corrected chi connectivity index (χ2v) is 10.5. The molecule has 2 N–H and O–H groups in total. The summed E-state index contributed by atoms with van der Waals surface area (Å²) in [4.78, 5) is 30.7. The summed E-state index contributed by atoms with van der Waals surface area (Å²) in [7, 11) is 0. The number of benzene rings is 1. The number of nitrogens with zero attached hydrogens (tertiary/aromatic N) is 3. The molecule has 36 heavy (non-hydrogen) atoms. The van der Waals surface area contributed by atoms with Crippen LogP contribution in [0.4, 0.5) is 13.6 Å². The number of aromatic nitrogens is 2. The molecule has 2 amide bonds. The summed E-state index contributed by atoms with van der Waals surface area (Å²) in [5.41, 5.74) is -0.273. The zero-order valence-electron chi connectivity index (χ0n) is 21.4. The third-order valence-corrected chi connectivity index (χ3v) is 5.79. The van der Waals surface area contributed by atoms with E-state index < -0.39 is 28.7 Å². The molecule has 194 valence electrons. The van der Waals surface area contributed by atoms with E-state index in [4.69, 9.17) is 4.74 Å². The number of imidazole rings is 1. The summed E-state index contributed by atoms with van der Waals surface area (Å²) in [5, 5.41) is 12.5. The van der Waals surface area contributed by atoms with E-state index in [0.717, 1.165) is 12.1 Å². The van der Waals surface area contributed by atoms with E-state index >= 15 is 0 Å². The highest BCUT2D eigenvalue weighted by Gasteiger charge is 2.33. The van der Waals surface area contributed by atoms with Crippen LogP contribution >= 0.6 is 0 Å². The van der Waals surface area contributed by atoms with Gasteiger partial charge in [0.25, 0.3) is 5.91 Å². The van der Waals surface area contributed by atoms with Crippen LogP contribution < -0.4 is 10.1 Å². The molecule has 2 heterocycles. The van der Waals surface area contributed by atoms with Crippen molar-refractivity contribution in [2.75, 3.05) is 13.1 Å². The van der Waals surface area contributed by atoms with Crippen LogP contribution in [0.1, 0.15) is 56.4 Å². The van der Waals surface area contributed by atoms with Crippen molar-refractivity contribution in [1.29, 1.82) is 0 Å². The van der Waals surface area contributed by atoms with Crippen molar-refractivity contribution in [1.82, 2.24) is 19.6 Å². The van der Waals surface area contributed by atoms with Gasteiger partial charge < -0.3 is 20.1 Å². The van der Waals surface area contributed by atoms with E-state index in [2.05, 4.69) is 10.3 Å².